The van der Waals surface area contributed by atoms with E-state index in [9.17, 15) is 0 Å². The standard InChI is InChI=1S/C17H22N4/c1-2-5-15(6-3-1)17(8-4-9-17)19-12-14-11-18-16-7-10-20-21(16)13-14/h1-3,5-7,10,14,18-19H,4,8-9,11-13H2/t14-/m1/s1. The first-order valence-corrected chi connectivity index (χ1v) is 7.92. The van der Waals surface area contributed by atoms with Crippen molar-refractivity contribution in [3.63, 3.8) is 0 Å². The minimum Gasteiger partial charge on any atom is -0.370 e. The second kappa shape index (κ2) is 5.19. The van der Waals surface area contributed by atoms with Crippen molar-refractivity contribution in [2.24, 2.45) is 5.92 Å². The molecule has 0 spiro atoms. The number of hydrogen-bond acceptors (Lipinski definition) is 3. The third-order valence-electron chi connectivity index (χ3n) is 4.98. The maximum Gasteiger partial charge on any atom is 0.124 e. The molecular formula is C17H22N4. The fraction of sp³-hybridized carbons (Fsp3) is 0.471. The first kappa shape index (κ1) is 12.9. The summed E-state index contributed by atoms with van der Waals surface area (Å²) in [6, 6.07) is 13.0. The molecule has 4 nitrogen and oxygen atoms in total. The van der Waals surface area contributed by atoms with Gasteiger partial charge in [-0.25, -0.2) is 4.68 Å². The SMILES string of the molecule is c1ccc(C2(NC[C@H]3CNc4ccnn4C3)CCC2)cc1. The molecule has 2 N–H and O–H groups in total. The van der Waals surface area contributed by atoms with Gasteiger partial charge < -0.3 is 10.6 Å². The van der Waals surface area contributed by atoms with Crippen LogP contribution in [0.2, 0.25) is 0 Å². The van der Waals surface area contributed by atoms with Gasteiger partial charge in [0.2, 0.25) is 0 Å². The molecule has 2 heterocycles. The molecule has 1 aliphatic carbocycles. The molecule has 1 fully saturated rings. The van der Waals surface area contributed by atoms with E-state index in [0.717, 1.165) is 25.5 Å². The summed E-state index contributed by atoms with van der Waals surface area (Å²) in [5.41, 5.74) is 1.66. The maximum atomic E-state index is 4.37. The normalized spacial score (nSPS) is 23.0. The van der Waals surface area contributed by atoms with E-state index >= 15 is 0 Å². The van der Waals surface area contributed by atoms with Crippen LogP contribution in [-0.2, 0) is 12.1 Å². The van der Waals surface area contributed by atoms with Crippen LogP contribution < -0.4 is 10.6 Å². The van der Waals surface area contributed by atoms with Crippen molar-refractivity contribution in [3.05, 3.63) is 48.2 Å². The number of hydrogen-bond donors (Lipinski definition) is 2. The molecule has 0 unspecified atom stereocenters. The van der Waals surface area contributed by atoms with E-state index in [1.165, 1.54) is 24.8 Å². The Bertz CT molecular complexity index is 600. The van der Waals surface area contributed by atoms with Gasteiger partial charge in [0.25, 0.3) is 0 Å². The molecule has 1 aromatic carbocycles. The molecular weight excluding hydrogens is 260 g/mol. The fourth-order valence-corrected chi connectivity index (χ4v) is 3.52. The average Bonchev–Trinajstić information content (AvgIpc) is 2.95. The number of aromatic nitrogens is 2. The van der Waals surface area contributed by atoms with Crippen LogP contribution in [0.25, 0.3) is 0 Å². The third-order valence-corrected chi connectivity index (χ3v) is 4.98. The molecule has 4 heteroatoms. The summed E-state index contributed by atoms with van der Waals surface area (Å²) in [5, 5.41) is 11.7. The fourth-order valence-electron chi connectivity index (χ4n) is 3.52. The van der Waals surface area contributed by atoms with Gasteiger partial charge in [-0.15, -0.1) is 0 Å². The van der Waals surface area contributed by atoms with Crippen LogP contribution in [0.1, 0.15) is 24.8 Å². The van der Waals surface area contributed by atoms with Crippen molar-refractivity contribution in [1.82, 2.24) is 15.1 Å². The Morgan fingerprint density at radius 3 is 2.86 bits per heavy atom. The van der Waals surface area contributed by atoms with Gasteiger partial charge in [-0.3, -0.25) is 0 Å². The Hall–Kier alpha value is -1.81. The molecule has 1 aliphatic heterocycles. The van der Waals surface area contributed by atoms with Gasteiger partial charge >= 0.3 is 0 Å². The molecule has 1 aromatic heterocycles. The second-order valence-corrected chi connectivity index (χ2v) is 6.33. The van der Waals surface area contributed by atoms with Gasteiger partial charge in [-0.2, -0.15) is 5.10 Å². The predicted octanol–water partition coefficient (Wildman–Crippen LogP) is 2.59. The molecule has 0 bridgehead atoms. The highest BCUT2D eigenvalue weighted by Gasteiger charge is 2.38. The summed E-state index contributed by atoms with van der Waals surface area (Å²) in [6.07, 6.45) is 5.71. The van der Waals surface area contributed by atoms with Crippen LogP contribution in [0.5, 0.6) is 0 Å². The van der Waals surface area contributed by atoms with Crippen LogP contribution in [0.4, 0.5) is 5.82 Å². The lowest BCUT2D eigenvalue weighted by molar-refractivity contribution is 0.172. The van der Waals surface area contributed by atoms with Gasteiger partial charge in [0, 0.05) is 37.2 Å². The van der Waals surface area contributed by atoms with Gasteiger partial charge in [0.05, 0.1) is 6.20 Å². The maximum absolute atomic E-state index is 4.37. The van der Waals surface area contributed by atoms with E-state index < -0.39 is 0 Å². The topological polar surface area (TPSA) is 41.9 Å². The van der Waals surface area contributed by atoms with Crippen molar-refractivity contribution >= 4 is 5.82 Å². The van der Waals surface area contributed by atoms with Gasteiger partial charge in [-0.1, -0.05) is 30.3 Å². The van der Waals surface area contributed by atoms with Crippen molar-refractivity contribution in [2.45, 2.75) is 31.3 Å². The Morgan fingerprint density at radius 1 is 1.24 bits per heavy atom. The number of nitrogens with one attached hydrogen (secondary N) is 2. The molecule has 0 amide bonds. The van der Waals surface area contributed by atoms with E-state index in [1.54, 1.807) is 0 Å². The van der Waals surface area contributed by atoms with Crippen molar-refractivity contribution in [2.75, 3.05) is 18.4 Å². The number of fused-ring (bicyclic) bond motifs is 1. The molecule has 110 valence electrons. The largest absolute Gasteiger partial charge is 0.370 e. The molecule has 2 aliphatic rings. The smallest absolute Gasteiger partial charge is 0.124 e. The number of anilines is 1. The highest BCUT2D eigenvalue weighted by Crippen LogP contribution is 2.41. The van der Waals surface area contributed by atoms with E-state index in [2.05, 4.69) is 50.7 Å². The third kappa shape index (κ3) is 2.33. The molecule has 1 saturated carbocycles. The van der Waals surface area contributed by atoms with Gasteiger partial charge in [-0.05, 0) is 24.8 Å². The Morgan fingerprint density at radius 2 is 2.10 bits per heavy atom. The number of benzene rings is 1. The monoisotopic (exact) mass is 282 g/mol. The van der Waals surface area contributed by atoms with Crippen molar-refractivity contribution < 1.29 is 0 Å². The Balaban J connectivity index is 1.42. The quantitative estimate of drug-likeness (QED) is 0.905. The molecule has 1 atom stereocenters. The summed E-state index contributed by atoms with van der Waals surface area (Å²) in [5.74, 6) is 1.74. The highest BCUT2D eigenvalue weighted by molar-refractivity contribution is 5.35. The van der Waals surface area contributed by atoms with Gasteiger partial charge in [0.1, 0.15) is 5.82 Å². The molecule has 21 heavy (non-hydrogen) atoms. The van der Waals surface area contributed by atoms with Crippen molar-refractivity contribution in [1.29, 1.82) is 0 Å². The summed E-state index contributed by atoms with van der Waals surface area (Å²) < 4.78 is 2.08. The van der Waals surface area contributed by atoms with E-state index in [1.807, 2.05) is 12.3 Å². The molecule has 0 radical (unpaired) electrons. The lowest BCUT2D eigenvalue weighted by Gasteiger charge is -2.44. The highest BCUT2D eigenvalue weighted by atomic mass is 15.3. The lowest BCUT2D eigenvalue weighted by atomic mass is 9.71. The van der Waals surface area contributed by atoms with E-state index in [0.29, 0.717) is 5.92 Å². The Labute approximate surface area is 125 Å². The summed E-state index contributed by atoms with van der Waals surface area (Å²) in [6.45, 7) is 3.08. The van der Waals surface area contributed by atoms with E-state index in [4.69, 9.17) is 0 Å². The predicted molar refractivity (Wildman–Crippen MR) is 84.2 cm³/mol. The Kier molecular flexibility index (Phi) is 3.19. The first-order chi connectivity index (χ1) is 10.4. The zero-order chi connectivity index (χ0) is 14.1. The van der Waals surface area contributed by atoms with Crippen LogP contribution in [0.15, 0.2) is 42.6 Å². The van der Waals surface area contributed by atoms with Crippen molar-refractivity contribution in [3.8, 4) is 0 Å². The minimum absolute atomic E-state index is 0.214. The van der Waals surface area contributed by atoms with E-state index in [-0.39, 0.29) is 5.54 Å². The number of nitrogens with zero attached hydrogens (tertiary/aromatic N) is 2. The molecule has 4 rings (SSSR count). The minimum atomic E-state index is 0.214. The lowest BCUT2D eigenvalue weighted by Crippen LogP contribution is -2.51. The average molecular weight is 282 g/mol. The zero-order valence-corrected chi connectivity index (χ0v) is 12.3. The summed E-state index contributed by atoms with van der Waals surface area (Å²) in [4.78, 5) is 0. The van der Waals surface area contributed by atoms with Crippen LogP contribution in [0.3, 0.4) is 0 Å². The molecule has 2 aromatic rings. The second-order valence-electron chi connectivity index (χ2n) is 6.33. The number of rotatable bonds is 4. The first-order valence-electron chi connectivity index (χ1n) is 7.92. The summed E-state index contributed by atoms with van der Waals surface area (Å²) >= 11 is 0. The van der Waals surface area contributed by atoms with Crippen LogP contribution >= 0.6 is 0 Å². The van der Waals surface area contributed by atoms with Crippen LogP contribution in [0, 0.1) is 5.92 Å². The zero-order valence-electron chi connectivity index (χ0n) is 12.3. The van der Waals surface area contributed by atoms with Crippen LogP contribution in [-0.4, -0.2) is 22.9 Å². The molecule has 0 saturated heterocycles. The summed E-state index contributed by atoms with van der Waals surface area (Å²) in [7, 11) is 0. The van der Waals surface area contributed by atoms with Gasteiger partial charge in [0.15, 0.2) is 0 Å².